The van der Waals surface area contributed by atoms with Gasteiger partial charge in [0.15, 0.2) is 17.3 Å². The molecular formula is C29H27BrClNO5. The van der Waals surface area contributed by atoms with Gasteiger partial charge >= 0.3 is 5.97 Å². The monoisotopic (exact) mass is 583 g/mol. The van der Waals surface area contributed by atoms with Crippen LogP contribution in [0.5, 0.6) is 11.5 Å². The van der Waals surface area contributed by atoms with Gasteiger partial charge < -0.3 is 19.5 Å². The highest BCUT2D eigenvalue weighted by atomic mass is 79.9. The third-order valence-corrected chi connectivity index (χ3v) is 8.71. The Morgan fingerprint density at radius 3 is 2.51 bits per heavy atom. The molecule has 6 rings (SSSR count). The van der Waals surface area contributed by atoms with E-state index in [0.29, 0.717) is 46.2 Å². The summed E-state index contributed by atoms with van der Waals surface area (Å²) >= 11 is 9.78. The standard InChI is InChI=1S/C29H27BrClNO5/c1-15-26(29(34)37-19-4-2-3-5-19)27(20-12-24-25(13-21(20)30)36-14-35-24)28-22(32-15)10-17(11-23(28)33)16-6-8-18(31)9-7-16/h6-9,12-13,17,19,27,32H,2-5,10-11,14H2,1H3/t17-,27-/m1/s1. The number of carbonyl (C=O) groups is 2. The number of esters is 1. The van der Waals surface area contributed by atoms with Crippen LogP contribution in [0.15, 0.2) is 63.4 Å². The summed E-state index contributed by atoms with van der Waals surface area (Å²) in [4.78, 5) is 27.5. The highest BCUT2D eigenvalue weighted by molar-refractivity contribution is 9.10. The van der Waals surface area contributed by atoms with Gasteiger partial charge in [-0.2, -0.15) is 0 Å². The minimum Gasteiger partial charge on any atom is -0.459 e. The van der Waals surface area contributed by atoms with Crippen LogP contribution in [0, 0.1) is 0 Å². The zero-order chi connectivity index (χ0) is 25.7. The van der Waals surface area contributed by atoms with Gasteiger partial charge in [-0.1, -0.05) is 39.7 Å². The van der Waals surface area contributed by atoms with Crippen molar-refractivity contribution in [1.29, 1.82) is 0 Å². The first-order chi connectivity index (χ1) is 17.9. The van der Waals surface area contributed by atoms with Crippen LogP contribution in [-0.4, -0.2) is 24.6 Å². The molecule has 2 aliphatic carbocycles. The van der Waals surface area contributed by atoms with Crippen molar-refractivity contribution in [2.75, 3.05) is 6.79 Å². The van der Waals surface area contributed by atoms with E-state index in [4.69, 9.17) is 25.8 Å². The van der Waals surface area contributed by atoms with Crippen molar-refractivity contribution >= 4 is 39.3 Å². The summed E-state index contributed by atoms with van der Waals surface area (Å²) in [7, 11) is 0. The van der Waals surface area contributed by atoms with Crippen molar-refractivity contribution in [2.45, 2.75) is 63.4 Å². The maximum Gasteiger partial charge on any atom is 0.337 e. The summed E-state index contributed by atoms with van der Waals surface area (Å²) in [5.74, 6) is 0.326. The van der Waals surface area contributed by atoms with Gasteiger partial charge in [-0.05, 0) is 80.3 Å². The molecule has 0 aromatic heterocycles. The number of hydrogen-bond donors (Lipinski definition) is 1. The van der Waals surface area contributed by atoms with E-state index in [-0.39, 0.29) is 30.6 Å². The van der Waals surface area contributed by atoms with Crippen molar-refractivity contribution in [1.82, 2.24) is 5.32 Å². The molecule has 1 fully saturated rings. The molecule has 2 heterocycles. The van der Waals surface area contributed by atoms with Crippen LogP contribution in [0.1, 0.15) is 68.4 Å². The molecule has 6 nitrogen and oxygen atoms in total. The number of nitrogens with one attached hydrogen (secondary N) is 1. The zero-order valence-electron chi connectivity index (χ0n) is 20.4. The van der Waals surface area contributed by atoms with Crippen LogP contribution in [0.25, 0.3) is 0 Å². The number of halogens is 2. The second-order valence-corrected chi connectivity index (χ2v) is 11.4. The summed E-state index contributed by atoms with van der Waals surface area (Å²) in [5.41, 5.74) is 4.51. The maximum absolute atomic E-state index is 13.9. The van der Waals surface area contributed by atoms with E-state index in [1.807, 2.05) is 43.3 Å². The summed E-state index contributed by atoms with van der Waals surface area (Å²) in [6.07, 6.45) is 4.80. The number of rotatable bonds is 4. The van der Waals surface area contributed by atoms with Gasteiger partial charge in [0.1, 0.15) is 6.10 Å². The van der Waals surface area contributed by atoms with E-state index in [0.717, 1.165) is 47.0 Å². The SMILES string of the molecule is CC1=C(C(=O)OC2CCCC2)[C@@H](c2cc3c(cc2Br)OCO3)C2=C(C[C@@H](c3ccc(Cl)cc3)CC2=O)N1. The molecule has 0 unspecified atom stereocenters. The predicted molar refractivity (Wildman–Crippen MR) is 143 cm³/mol. The van der Waals surface area contributed by atoms with E-state index in [9.17, 15) is 9.59 Å². The number of ketones is 1. The molecule has 2 atom stereocenters. The molecule has 1 saturated carbocycles. The molecule has 0 radical (unpaired) electrons. The molecule has 8 heteroatoms. The molecule has 0 spiro atoms. The molecule has 37 heavy (non-hydrogen) atoms. The fraction of sp³-hybridized carbons (Fsp3) is 0.379. The lowest BCUT2D eigenvalue weighted by Gasteiger charge is -2.37. The first-order valence-corrected chi connectivity index (χ1v) is 13.9. The molecule has 192 valence electrons. The van der Waals surface area contributed by atoms with E-state index in [1.165, 1.54) is 0 Å². The highest BCUT2D eigenvalue weighted by Crippen LogP contribution is 2.50. The van der Waals surface area contributed by atoms with Gasteiger partial charge in [-0.25, -0.2) is 4.79 Å². The molecular weight excluding hydrogens is 558 g/mol. The third-order valence-electron chi connectivity index (χ3n) is 7.77. The van der Waals surface area contributed by atoms with Crippen LogP contribution in [0.3, 0.4) is 0 Å². The van der Waals surface area contributed by atoms with E-state index >= 15 is 0 Å². The Kier molecular flexibility index (Phi) is 6.53. The summed E-state index contributed by atoms with van der Waals surface area (Å²) in [5, 5.41) is 4.09. The topological polar surface area (TPSA) is 73.9 Å². The largest absolute Gasteiger partial charge is 0.459 e. The normalized spacial score (nSPS) is 23.3. The predicted octanol–water partition coefficient (Wildman–Crippen LogP) is 6.68. The number of benzene rings is 2. The fourth-order valence-electron chi connectivity index (χ4n) is 5.97. The second kappa shape index (κ2) is 9.84. The lowest BCUT2D eigenvalue weighted by Crippen LogP contribution is -2.36. The van der Waals surface area contributed by atoms with Gasteiger partial charge in [0.25, 0.3) is 0 Å². The quantitative estimate of drug-likeness (QED) is 0.404. The third kappa shape index (κ3) is 4.57. The van der Waals surface area contributed by atoms with Crippen LogP contribution < -0.4 is 14.8 Å². The van der Waals surface area contributed by atoms with Gasteiger partial charge in [0.05, 0.1) is 5.57 Å². The first-order valence-electron chi connectivity index (χ1n) is 12.7. The number of hydrogen-bond acceptors (Lipinski definition) is 6. The number of Topliss-reactive ketones (excluding diaryl/α,β-unsaturated/α-hetero) is 1. The molecule has 0 bridgehead atoms. The van der Waals surface area contributed by atoms with Crippen molar-refractivity contribution in [2.24, 2.45) is 0 Å². The van der Waals surface area contributed by atoms with Crippen molar-refractivity contribution in [3.05, 3.63) is 79.6 Å². The molecule has 1 N–H and O–H groups in total. The molecule has 2 aliphatic heterocycles. The number of allylic oxidation sites excluding steroid dienone is 3. The Balaban J connectivity index is 1.43. The Labute approximate surface area is 229 Å². The second-order valence-electron chi connectivity index (χ2n) is 10.1. The lowest BCUT2D eigenvalue weighted by atomic mass is 9.71. The van der Waals surface area contributed by atoms with Crippen LogP contribution in [0.2, 0.25) is 5.02 Å². The van der Waals surface area contributed by atoms with Crippen LogP contribution in [0.4, 0.5) is 0 Å². The van der Waals surface area contributed by atoms with Gasteiger partial charge in [-0.3, -0.25) is 4.79 Å². The highest BCUT2D eigenvalue weighted by Gasteiger charge is 2.43. The van der Waals surface area contributed by atoms with Gasteiger partial charge in [0.2, 0.25) is 6.79 Å². The first kappa shape index (κ1) is 24.6. The zero-order valence-corrected chi connectivity index (χ0v) is 22.8. The van der Waals surface area contributed by atoms with Crippen molar-refractivity contribution < 1.29 is 23.8 Å². The molecule has 2 aromatic carbocycles. The summed E-state index contributed by atoms with van der Waals surface area (Å²) < 4.78 is 17.9. The van der Waals surface area contributed by atoms with E-state index in [1.54, 1.807) is 0 Å². The van der Waals surface area contributed by atoms with Crippen molar-refractivity contribution in [3.63, 3.8) is 0 Å². The molecule has 4 aliphatic rings. The number of ether oxygens (including phenoxy) is 3. The minimum absolute atomic E-state index is 0.0157. The van der Waals surface area contributed by atoms with E-state index in [2.05, 4.69) is 21.2 Å². The number of fused-ring (bicyclic) bond motifs is 1. The summed E-state index contributed by atoms with van der Waals surface area (Å²) in [6, 6.07) is 11.4. The number of dihydropyridines is 1. The Hall–Kier alpha value is -2.77. The average molecular weight is 585 g/mol. The van der Waals surface area contributed by atoms with Crippen molar-refractivity contribution in [3.8, 4) is 11.5 Å². The average Bonchev–Trinajstić information content (AvgIpc) is 3.54. The lowest BCUT2D eigenvalue weighted by molar-refractivity contribution is -0.144. The number of carbonyl (C=O) groups excluding carboxylic acids is 2. The molecule has 0 amide bonds. The Bertz CT molecular complexity index is 1340. The Morgan fingerprint density at radius 1 is 1.08 bits per heavy atom. The summed E-state index contributed by atoms with van der Waals surface area (Å²) in [6.45, 7) is 2.03. The molecule has 2 aromatic rings. The van der Waals surface area contributed by atoms with Gasteiger partial charge in [0, 0.05) is 38.8 Å². The van der Waals surface area contributed by atoms with E-state index < -0.39 is 5.92 Å². The smallest absolute Gasteiger partial charge is 0.337 e. The maximum atomic E-state index is 13.9. The Morgan fingerprint density at radius 2 is 1.78 bits per heavy atom. The fourth-order valence-corrected chi connectivity index (χ4v) is 6.64. The minimum atomic E-state index is -0.576. The van der Waals surface area contributed by atoms with Crippen LogP contribution >= 0.6 is 27.5 Å². The van der Waals surface area contributed by atoms with Gasteiger partial charge in [-0.15, -0.1) is 0 Å². The molecule has 0 saturated heterocycles. The van der Waals surface area contributed by atoms with Crippen LogP contribution in [-0.2, 0) is 14.3 Å².